The number of nitriles is 1. The zero-order chi connectivity index (χ0) is 14.1. The van der Waals surface area contributed by atoms with Crippen molar-refractivity contribution in [2.45, 2.75) is 25.9 Å². The van der Waals surface area contributed by atoms with Crippen LogP contribution in [0.5, 0.6) is 0 Å². The third-order valence-corrected chi connectivity index (χ3v) is 2.54. The van der Waals surface area contributed by atoms with Crippen molar-refractivity contribution < 1.29 is 14.3 Å². The van der Waals surface area contributed by atoms with Crippen LogP contribution in [0.2, 0.25) is 0 Å². The first kappa shape index (κ1) is 14.8. The van der Waals surface area contributed by atoms with E-state index >= 15 is 0 Å². The number of hydrogen-bond acceptors (Lipinski definition) is 5. The molecule has 0 bridgehead atoms. The predicted molar refractivity (Wildman–Crippen MR) is 68.6 cm³/mol. The number of furan rings is 1. The molecule has 0 radical (unpaired) electrons. The lowest BCUT2D eigenvalue weighted by Crippen LogP contribution is -2.30. The highest BCUT2D eigenvalue weighted by molar-refractivity contribution is 5.97. The van der Waals surface area contributed by atoms with Crippen molar-refractivity contribution in [3.63, 3.8) is 0 Å². The summed E-state index contributed by atoms with van der Waals surface area (Å²) < 4.78 is 5.06. The largest absolute Gasteiger partial charge is 0.467 e. The number of aliphatic hydroxyl groups is 1. The molecule has 0 spiro atoms. The molecular formula is C13H17N3O3. The van der Waals surface area contributed by atoms with Crippen molar-refractivity contribution >= 4 is 5.91 Å². The van der Waals surface area contributed by atoms with Gasteiger partial charge in [0.2, 0.25) is 0 Å². The lowest BCUT2D eigenvalue weighted by Gasteiger charge is -2.11. The van der Waals surface area contributed by atoms with Crippen LogP contribution in [-0.4, -0.2) is 23.7 Å². The Morgan fingerprint density at radius 1 is 1.68 bits per heavy atom. The van der Waals surface area contributed by atoms with Crippen LogP contribution in [0.15, 0.2) is 34.6 Å². The summed E-state index contributed by atoms with van der Waals surface area (Å²) in [6.07, 6.45) is 3.53. The summed E-state index contributed by atoms with van der Waals surface area (Å²) in [6.45, 7) is 2.06. The van der Waals surface area contributed by atoms with Crippen LogP contribution >= 0.6 is 0 Å². The number of aliphatic hydroxyl groups excluding tert-OH is 1. The number of rotatable bonds is 7. The van der Waals surface area contributed by atoms with Gasteiger partial charge in [-0.1, -0.05) is 6.92 Å². The van der Waals surface area contributed by atoms with E-state index in [-0.39, 0.29) is 24.8 Å². The van der Waals surface area contributed by atoms with E-state index in [9.17, 15) is 4.79 Å². The zero-order valence-electron chi connectivity index (χ0n) is 10.7. The smallest absolute Gasteiger partial charge is 0.263 e. The van der Waals surface area contributed by atoms with Crippen molar-refractivity contribution in [1.82, 2.24) is 10.6 Å². The van der Waals surface area contributed by atoms with Gasteiger partial charge in [-0.25, -0.2) is 0 Å². The van der Waals surface area contributed by atoms with Crippen LogP contribution in [0.4, 0.5) is 0 Å². The molecule has 6 heteroatoms. The van der Waals surface area contributed by atoms with Gasteiger partial charge < -0.3 is 20.2 Å². The highest BCUT2D eigenvalue weighted by Gasteiger charge is 2.10. The minimum absolute atomic E-state index is 0.0431. The average Bonchev–Trinajstić information content (AvgIpc) is 2.94. The first-order valence-corrected chi connectivity index (χ1v) is 5.99. The van der Waals surface area contributed by atoms with Gasteiger partial charge in [0.15, 0.2) is 0 Å². The maximum atomic E-state index is 11.7. The normalized spacial score (nSPS) is 12.6. The van der Waals surface area contributed by atoms with Crippen LogP contribution in [-0.2, 0) is 11.3 Å². The highest BCUT2D eigenvalue weighted by Crippen LogP contribution is 2.00. The van der Waals surface area contributed by atoms with Gasteiger partial charge in [-0.05, 0) is 18.6 Å². The quantitative estimate of drug-likeness (QED) is 0.496. The van der Waals surface area contributed by atoms with E-state index in [0.29, 0.717) is 12.2 Å². The molecule has 19 heavy (non-hydrogen) atoms. The Hall–Kier alpha value is -2.26. The van der Waals surface area contributed by atoms with Crippen LogP contribution in [0.1, 0.15) is 19.1 Å². The highest BCUT2D eigenvalue weighted by atomic mass is 16.3. The molecule has 0 saturated heterocycles. The Labute approximate surface area is 111 Å². The molecule has 1 amide bonds. The van der Waals surface area contributed by atoms with Crippen molar-refractivity contribution in [2.75, 3.05) is 6.61 Å². The maximum absolute atomic E-state index is 11.7. The number of nitrogens with one attached hydrogen (secondary N) is 2. The van der Waals surface area contributed by atoms with Crippen LogP contribution in [0, 0.1) is 11.3 Å². The van der Waals surface area contributed by atoms with E-state index in [1.54, 1.807) is 12.1 Å². The average molecular weight is 263 g/mol. The van der Waals surface area contributed by atoms with Gasteiger partial charge in [0.05, 0.1) is 19.4 Å². The molecular weight excluding hydrogens is 246 g/mol. The molecule has 0 saturated carbocycles. The third-order valence-electron chi connectivity index (χ3n) is 2.54. The van der Waals surface area contributed by atoms with E-state index in [1.165, 1.54) is 12.5 Å². The molecule has 1 aromatic heterocycles. The Balaban J connectivity index is 2.51. The molecule has 0 aliphatic carbocycles. The summed E-state index contributed by atoms with van der Waals surface area (Å²) in [5.41, 5.74) is -0.0431. The van der Waals surface area contributed by atoms with Crippen molar-refractivity contribution in [3.05, 3.63) is 35.9 Å². The Morgan fingerprint density at radius 3 is 3.00 bits per heavy atom. The molecule has 0 aliphatic rings. The van der Waals surface area contributed by atoms with E-state index < -0.39 is 5.91 Å². The SMILES string of the molecule is CCC(CO)N/C=C(/C#N)C(=O)NCc1ccco1. The second-order valence-corrected chi connectivity index (χ2v) is 3.89. The van der Waals surface area contributed by atoms with Gasteiger partial charge in [-0.2, -0.15) is 5.26 Å². The summed E-state index contributed by atoms with van der Waals surface area (Å²) in [6, 6.07) is 5.09. The summed E-state index contributed by atoms with van der Waals surface area (Å²) in [7, 11) is 0. The molecule has 1 heterocycles. The molecule has 0 aromatic carbocycles. The van der Waals surface area contributed by atoms with Gasteiger partial charge in [-0.15, -0.1) is 0 Å². The lowest BCUT2D eigenvalue weighted by atomic mass is 10.2. The van der Waals surface area contributed by atoms with Crippen molar-refractivity contribution in [1.29, 1.82) is 5.26 Å². The van der Waals surface area contributed by atoms with Crippen LogP contribution < -0.4 is 10.6 Å². The van der Waals surface area contributed by atoms with E-state index in [0.717, 1.165) is 0 Å². The predicted octanol–water partition coefficient (Wildman–Crippen LogP) is 0.664. The fraction of sp³-hybridized carbons (Fsp3) is 0.385. The summed E-state index contributed by atoms with van der Waals surface area (Å²) >= 11 is 0. The molecule has 6 nitrogen and oxygen atoms in total. The summed E-state index contributed by atoms with van der Waals surface area (Å²) in [5.74, 6) is 0.125. The minimum Gasteiger partial charge on any atom is -0.467 e. The van der Waals surface area contributed by atoms with Crippen molar-refractivity contribution in [2.24, 2.45) is 0 Å². The standard InChI is InChI=1S/C13H17N3O3/c1-2-11(9-17)15-7-10(6-14)13(18)16-8-12-4-3-5-19-12/h3-5,7,11,15,17H,2,8-9H2,1H3,(H,16,18)/b10-7-. The van der Waals surface area contributed by atoms with Crippen molar-refractivity contribution in [3.8, 4) is 6.07 Å². The topological polar surface area (TPSA) is 98.3 Å². The number of carbonyl (C=O) groups excluding carboxylic acids is 1. The monoisotopic (exact) mass is 263 g/mol. The number of carbonyl (C=O) groups is 1. The minimum atomic E-state index is -0.487. The molecule has 3 N–H and O–H groups in total. The molecule has 1 unspecified atom stereocenters. The number of amides is 1. The Bertz CT molecular complexity index is 456. The first-order chi connectivity index (χ1) is 9.21. The fourth-order valence-corrected chi connectivity index (χ4v) is 1.33. The first-order valence-electron chi connectivity index (χ1n) is 5.99. The number of nitrogens with zero attached hydrogens (tertiary/aromatic N) is 1. The van der Waals surface area contributed by atoms with E-state index in [4.69, 9.17) is 14.8 Å². The fourth-order valence-electron chi connectivity index (χ4n) is 1.33. The summed E-state index contributed by atoms with van der Waals surface area (Å²) in [5, 5.41) is 23.3. The third kappa shape index (κ3) is 4.85. The molecule has 1 aromatic rings. The molecule has 0 fully saturated rings. The molecule has 1 atom stereocenters. The van der Waals surface area contributed by atoms with E-state index in [1.807, 2.05) is 13.0 Å². The lowest BCUT2D eigenvalue weighted by molar-refractivity contribution is -0.117. The Morgan fingerprint density at radius 2 is 2.47 bits per heavy atom. The zero-order valence-corrected chi connectivity index (χ0v) is 10.7. The van der Waals surface area contributed by atoms with Crippen LogP contribution in [0.25, 0.3) is 0 Å². The maximum Gasteiger partial charge on any atom is 0.263 e. The van der Waals surface area contributed by atoms with Gasteiger partial charge in [0.1, 0.15) is 17.4 Å². The second kappa shape index (κ2) is 7.95. The molecule has 1 rings (SSSR count). The summed E-state index contributed by atoms with van der Waals surface area (Å²) in [4.78, 5) is 11.7. The van der Waals surface area contributed by atoms with Gasteiger partial charge >= 0.3 is 0 Å². The van der Waals surface area contributed by atoms with Gasteiger partial charge in [0.25, 0.3) is 5.91 Å². The second-order valence-electron chi connectivity index (χ2n) is 3.89. The van der Waals surface area contributed by atoms with Crippen LogP contribution in [0.3, 0.4) is 0 Å². The number of hydrogen-bond donors (Lipinski definition) is 3. The van der Waals surface area contributed by atoms with Gasteiger partial charge in [-0.3, -0.25) is 4.79 Å². The molecule has 0 aliphatic heterocycles. The molecule has 102 valence electrons. The van der Waals surface area contributed by atoms with E-state index in [2.05, 4.69) is 10.6 Å². The Kier molecular flexibility index (Phi) is 6.19. The van der Waals surface area contributed by atoms with Gasteiger partial charge in [0, 0.05) is 12.2 Å².